The maximum absolute atomic E-state index is 10.2. The summed E-state index contributed by atoms with van der Waals surface area (Å²) in [4.78, 5) is 10.2. The van der Waals surface area contributed by atoms with E-state index < -0.39 is 18.1 Å². The van der Waals surface area contributed by atoms with Crippen LogP contribution < -0.4 is 11.5 Å². The molecule has 0 aliphatic carbocycles. The summed E-state index contributed by atoms with van der Waals surface area (Å²) in [5.41, 5.74) is 10.6. The standard InChI is InChI=1S/C5H12N2O2S/c6-3(1-2-10)4(7)5(8)9/h3-4,10H,1-2,6-7H2,(H,8,9). The van der Waals surface area contributed by atoms with E-state index in [2.05, 4.69) is 12.6 Å². The average Bonchev–Trinajstić information content (AvgIpc) is 1.87. The molecule has 0 spiro atoms. The first kappa shape index (κ1) is 9.74. The van der Waals surface area contributed by atoms with E-state index >= 15 is 0 Å². The lowest BCUT2D eigenvalue weighted by Gasteiger charge is -2.13. The Morgan fingerprint density at radius 2 is 2.10 bits per heavy atom. The van der Waals surface area contributed by atoms with Crippen molar-refractivity contribution in [2.75, 3.05) is 5.75 Å². The topological polar surface area (TPSA) is 89.3 Å². The Labute approximate surface area is 65.0 Å². The van der Waals surface area contributed by atoms with E-state index in [9.17, 15) is 4.79 Å². The normalized spacial score (nSPS) is 16.3. The van der Waals surface area contributed by atoms with Crippen molar-refractivity contribution in [2.24, 2.45) is 11.5 Å². The first-order valence-corrected chi connectivity index (χ1v) is 3.57. The number of thiol groups is 1. The fraction of sp³-hybridized carbons (Fsp3) is 0.800. The van der Waals surface area contributed by atoms with Gasteiger partial charge in [-0.15, -0.1) is 0 Å². The second kappa shape index (κ2) is 4.54. The highest BCUT2D eigenvalue weighted by Gasteiger charge is 2.18. The number of hydrogen-bond donors (Lipinski definition) is 4. The first-order valence-electron chi connectivity index (χ1n) is 2.94. The van der Waals surface area contributed by atoms with Crippen molar-refractivity contribution < 1.29 is 9.90 Å². The van der Waals surface area contributed by atoms with Crippen LogP contribution >= 0.6 is 12.6 Å². The van der Waals surface area contributed by atoms with Gasteiger partial charge in [0.2, 0.25) is 0 Å². The zero-order valence-corrected chi connectivity index (χ0v) is 6.42. The van der Waals surface area contributed by atoms with Crippen molar-refractivity contribution in [3.8, 4) is 0 Å². The molecular weight excluding hydrogens is 152 g/mol. The first-order chi connectivity index (χ1) is 4.59. The predicted molar refractivity (Wildman–Crippen MR) is 42.1 cm³/mol. The Morgan fingerprint density at radius 1 is 1.60 bits per heavy atom. The molecule has 0 amide bonds. The van der Waals surface area contributed by atoms with Crippen molar-refractivity contribution >= 4 is 18.6 Å². The molecule has 4 nitrogen and oxygen atoms in total. The summed E-state index contributed by atoms with van der Waals surface area (Å²) in [6.45, 7) is 0. The number of nitrogens with two attached hydrogens (primary N) is 2. The third-order valence-electron chi connectivity index (χ3n) is 1.21. The largest absolute Gasteiger partial charge is 0.480 e. The SMILES string of the molecule is NC(CCS)C(N)C(=O)O. The molecule has 0 bridgehead atoms. The van der Waals surface area contributed by atoms with Gasteiger partial charge in [0.15, 0.2) is 0 Å². The molecule has 0 rings (SSSR count). The smallest absolute Gasteiger partial charge is 0.322 e. The van der Waals surface area contributed by atoms with Crippen molar-refractivity contribution in [2.45, 2.75) is 18.5 Å². The molecule has 0 radical (unpaired) electrons. The summed E-state index contributed by atoms with van der Waals surface area (Å²) >= 11 is 3.89. The highest BCUT2D eigenvalue weighted by Crippen LogP contribution is 1.94. The fourth-order valence-electron chi connectivity index (χ4n) is 0.512. The van der Waals surface area contributed by atoms with Gasteiger partial charge >= 0.3 is 5.97 Å². The quantitative estimate of drug-likeness (QED) is 0.403. The van der Waals surface area contributed by atoms with E-state index in [1.807, 2.05) is 0 Å². The molecule has 5 N–H and O–H groups in total. The Hall–Kier alpha value is -0.260. The van der Waals surface area contributed by atoms with Crippen LogP contribution in [0.5, 0.6) is 0 Å². The zero-order chi connectivity index (χ0) is 8.15. The predicted octanol–water partition coefficient (Wildman–Crippen LogP) is -0.955. The Morgan fingerprint density at radius 3 is 2.40 bits per heavy atom. The van der Waals surface area contributed by atoms with Crippen LogP contribution in [0.25, 0.3) is 0 Å². The lowest BCUT2D eigenvalue weighted by molar-refractivity contribution is -0.139. The Kier molecular flexibility index (Phi) is 4.42. The third-order valence-corrected chi connectivity index (χ3v) is 1.47. The monoisotopic (exact) mass is 164 g/mol. The molecule has 0 aliphatic heterocycles. The molecule has 2 atom stereocenters. The van der Waals surface area contributed by atoms with Crippen molar-refractivity contribution in [3.05, 3.63) is 0 Å². The van der Waals surface area contributed by atoms with E-state index in [1.165, 1.54) is 0 Å². The van der Waals surface area contributed by atoms with Gasteiger partial charge in [-0.1, -0.05) is 0 Å². The average molecular weight is 164 g/mol. The molecule has 0 aromatic rings. The van der Waals surface area contributed by atoms with Crippen molar-refractivity contribution in [1.82, 2.24) is 0 Å². The molecule has 5 heteroatoms. The van der Waals surface area contributed by atoms with E-state index in [0.717, 1.165) is 0 Å². The number of carbonyl (C=O) groups is 1. The van der Waals surface area contributed by atoms with Crippen molar-refractivity contribution in [3.63, 3.8) is 0 Å². The molecule has 0 aromatic heterocycles. The minimum absolute atomic E-state index is 0.491. The van der Waals surface area contributed by atoms with Gasteiger partial charge in [-0.2, -0.15) is 12.6 Å². The van der Waals surface area contributed by atoms with E-state index in [4.69, 9.17) is 16.6 Å². The number of carboxylic acid groups (broad SMARTS) is 1. The second-order valence-corrected chi connectivity index (χ2v) is 2.49. The summed E-state index contributed by atoms with van der Waals surface area (Å²) in [6, 6.07) is -1.46. The van der Waals surface area contributed by atoms with Gasteiger partial charge < -0.3 is 16.6 Å². The van der Waals surface area contributed by atoms with Crippen LogP contribution in [0.2, 0.25) is 0 Å². The van der Waals surface area contributed by atoms with Gasteiger partial charge in [-0.05, 0) is 12.2 Å². The van der Waals surface area contributed by atoms with Crippen LogP contribution in [-0.4, -0.2) is 28.9 Å². The fourth-order valence-corrected chi connectivity index (χ4v) is 0.810. The lowest BCUT2D eigenvalue weighted by atomic mass is 10.1. The van der Waals surface area contributed by atoms with Crippen LogP contribution in [0.4, 0.5) is 0 Å². The molecule has 10 heavy (non-hydrogen) atoms. The maximum Gasteiger partial charge on any atom is 0.322 e. The van der Waals surface area contributed by atoms with Crippen molar-refractivity contribution in [1.29, 1.82) is 0 Å². The molecular formula is C5H12N2O2S. The second-order valence-electron chi connectivity index (χ2n) is 2.04. The van der Waals surface area contributed by atoms with Gasteiger partial charge in [0.1, 0.15) is 6.04 Å². The molecule has 0 aliphatic rings. The summed E-state index contributed by atoms with van der Waals surface area (Å²) in [5, 5.41) is 8.35. The number of carboxylic acids is 1. The van der Waals surface area contributed by atoms with Crippen LogP contribution in [0.15, 0.2) is 0 Å². The molecule has 2 unspecified atom stereocenters. The molecule has 0 fully saturated rings. The number of aliphatic carboxylic acids is 1. The Balaban J connectivity index is 3.69. The zero-order valence-electron chi connectivity index (χ0n) is 5.53. The van der Waals surface area contributed by atoms with Crippen LogP contribution in [-0.2, 0) is 4.79 Å². The molecule has 0 saturated heterocycles. The molecule has 0 saturated carbocycles. The van der Waals surface area contributed by atoms with Crippen LogP contribution in [0, 0.1) is 0 Å². The molecule has 0 aromatic carbocycles. The van der Waals surface area contributed by atoms with Gasteiger partial charge in [0, 0.05) is 6.04 Å². The minimum atomic E-state index is -1.06. The number of rotatable bonds is 4. The molecule has 60 valence electrons. The van der Waals surface area contributed by atoms with Gasteiger partial charge in [-0.25, -0.2) is 0 Å². The third kappa shape index (κ3) is 3.05. The molecule has 0 heterocycles. The highest BCUT2D eigenvalue weighted by atomic mass is 32.1. The minimum Gasteiger partial charge on any atom is -0.480 e. The highest BCUT2D eigenvalue weighted by molar-refractivity contribution is 7.80. The van der Waals surface area contributed by atoms with Crippen LogP contribution in [0.1, 0.15) is 6.42 Å². The van der Waals surface area contributed by atoms with Gasteiger partial charge in [-0.3, -0.25) is 4.79 Å². The van der Waals surface area contributed by atoms with Gasteiger partial charge in [0.25, 0.3) is 0 Å². The maximum atomic E-state index is 10.2. The number of hydrogen-bond acceptors (Lipinski definition) is 4. The van der Waals surface area contributed by atoms with Gasteiger partial charge in [0.05, 0.1) is 0 Å². The van der Waals surface area contributed by atoms with E-state index in [1.54, 1.807) is 0 Å². The summed E-state index contributed by atoms with van der Waals surface area (Å²) in [6.07, 6.45) is 0.524. The summed E-state index contributed by atoms with van der Waals surface area (Å²) in [5.74, 6) is -0.503. The van der Waals surface area contributed by atoms with E-state index in [-0.39, 0.29) is 0 Å². The van der Waals surface area contributed by atoms with Crippen LogP contribution in [0.3, 0.4) is 0 Å². The Bertz CT molecular complexity index is 120. The lowest BCUT2D eigenvalue weighted by Crippen LogP contribution is -2.47. The summed E-state index contributed by atoms with van der Waals surface area (Å²) < 4.78 is 0. The summed E-state index contributed by atoms with van der Waals surface area (Å²) in [7, 11) is 0. The van der Waals surface area contributed by atoms with E-state index in [0.29, 0.717) is 12.2 Å².